The molecule has 220 valence electrons. The van der Waals surface area contributed by atoms with Gasteiger partial charge in [0.05, 0.1) is 28.5 Å². The number of esters is 1. The second-order valence-corrected chi connectivity index (χ2v) is 11.5. The van der Waals surface area contributed by atoms with Crippen LogP contribution in [-0.2, 0) is 16.1 Å². The SMILES string of the molecule is C=CCn1c(C)c(/C=c2/sc3n(c2=O)C(c2ccc4c(c2)OCO4)C(C(=O)OCC)=C(c2ccccc2)N=3)c2ccccc21. The molecule has 0 bridgehead atoms. The molecule has 0 spiro atoms. The van der Waals surface area contributed by atoms with E-state index in [9.17, 15) is 9.59 Å². The van der Waals surface area contributed by atoms with Crippen molar-refractivity contribution < 1.29 is 19.0 Å². The van der Waals surface area contributed by atoms with Gasteiger partial charge in [-0.1, -0.05) is 72.0 Å². The van der Waals surface area contributed by atoms with Gasteiger partial charge in [-0.2, -0.15) is 0 Å². The smallest absolute Gasteiger partial charge is 0.338 e. The fourth-order valence-corrected chi connectivity index (χ4v) is 6.96. The number of para-hydroxylation sites is 1. The molecule has 4 heterocycles. The van der Waals surface area contributed by atoms with Crippen LogP contribution in [0.1, 0.15) is 35.3 Å². The number of ether oxygens (including phenoxy) is 3. The summed E-state index contributed by atoms with van der Waals surface area (Å²) in [6, 6.07) is 22.3. The summed E-state index contributed by atoms with van der Waals surface area (Å²) in [5.41, 5.74) is 5.01. The molecule has 0 saturated carbocycles. The molecule has 0 aliphatic carbocycles. The number of carbonyl (C=O) groups is 1. The molecule has 0 saturated heterocycles. The molecule has 0 fully saturated rings. The summed E-state index contributed by atoms with van der Waals surface area (Å²) in [6.45, 7) is 8.67. The molecule has 9 heteroatoms. The minimum atomic E-state index is -0.805. The normalized spacial score (nSPS) is 15.8. The number of aromatic nitrogens is 2. The minimum absolute atomic E-state index is 0.107. The van der Waals surface area contributed by atoms with Crippen molar-refractivity contribution in [3.05, 3.63) is 133 Å². The van der Waals surface area contributed by atoms with Crippen LogP contribution < -0.4 is 24.4 Å². The Hall–Kier alpha value is -5.15. The van der Waals surface area contributed by atoms with Crippen molar-refractivity contribution in [3.63, 3.8) is 0 Å². The Balaban J connectivity index is 1.52. The summed E-state index contributed by atoms with van der Waals surface area (Å²) in [5.74, 6) is 0.629. The van der Waals surface area contributed by atoms with Gasteiger partial charge in [0.1, 0.15) is 0 Å². The number of nitrogens with zero attached hydrogens (tertiary/aromatic N) is 3. The van der Waals surface area contributed by atoms with Crippen molar-refractivity contribution in [1.82, 2.24) is 9.13 Å². The van der Waals surface area contributed by atoms with E-state index in [1.165, 1.54) is 11.3 Å². The highest BCUT2D eigenvalue weighted by Crippen LogP contribution is 2.40. The lowest BCUT2D eigenvalue weighted by molar-refractivity contribution is -0.138. The summed E-state index contributed by atoms with van der Waals surface area (Å²) < 4.78 is 21.1. The van der Waals surface area contributed by atoms with Gasteiger partial charge in [0.15, 0.2) is 16.3 Å². The van der Waals surface area contributed by atoms with Crippen molar-refractivity contribution in [2.75, 3.05) is 13.4 Å². The molecule has 0 amide bonds. The molecule has 7 rings (SSSR count). The second-order valence-electron chi connectivity index (χ2n) is 10.5. The zero-order valence-corrected chi connectivity index (χ0v) is 25.1. The number of hydrogen-bond donors (Lipinski definition) is 0. The third kappa shape index (κ3) is 4.48. The van der Waals surface area contributed by atoms with E-state index in [0.29, 0.717) is 38.6 Å². The Kier molecular flexibility index (Phi) is 7.02. The van der Waals surface area contributed by atoms with Crippen molar-refractivity contribution in [1.29, 1.82) is 0 Å². The third-order valence-corrected chi connectivity index (χ3v) is 8.94. The standard InChI is InChI=1S/C35H29N3O5S/c1-4-17-37-21(3)25(24-13-9-10-14-26(24)37)19-29-33(39)38-32(23-15-16-27-28(18-23)43-20-42-27)30(34(40)41-5-2)31(36-35(38)44-29)22-11-7-6-8-12-22/h4,6-16,18-19,32H,1,5,17,20H2,2-3H3/b29-19+. The van der Waals surface area contributed by atoms with E-state index in [1.807, 2.05) is 73.7 Å². The van der Waals surface area contributed by atoms with Crippen LogP contribution in [0.25, 0.3) is 22.7 Å². The van der Waals surface area contributed by atoms with Gasteiger partial charge in [-0.25, -0.2) is 9.79 Å². The number of fused-ring (bicyclic) bond motifs is 3. The van der Waals surface area contributed by atoms with Gasteiger partial charge in [0, 0.05) is 34.3 Å². The Morgan fingerprint density at radius 3 is 2.66 bits per heavy atom. The van der Waals surface area contributed by atoms with Gasteiger partial charge in [-0.15, -0.1) is 6.58 Å². The van der Waals surface area contributed by atoms with Crippen molar-refractivity contribution in [3.8, 4) is 11.5 Å². The van der Waals surface area contributed by atoms with Crippen LogP contribution in [0.4, 0.5) is 0 Å². The summed E-state index contributed by atoms with van der Waals surface area (Å²) in [6.07, 6.45) is 3.80. The van der Waals surface area contributed by atoms with Crippen LogP contribution in [0.5, 0.6) is 11.5 Å². The molecule has 1 atom stereocenters. The highest BCUT2D eigenvalue weighted by Gasteiger charge is 2.36. The Bertz CT molecular complexity index is 2170. The van der Waals surface area contributed by atoms with E-state index in [1.54, 1.807) is 17.6 Å². The number of carbonyl (C=O) groups excluding carboxylic acids is 1. The molecule has 0 N–H and O–H groups in total. The lowest BCUT2D eigenvalue weighted by Crippen LogP contribution is -2.40. The third-order valence-electron chi connectivity index (χ3n) is 7.95. The Labute approximate surface area is 257 Å². The molecule has 8 nitrogen and oxygen atoms in total. The molecule has 5 aromatic rings. The Morgan fingerprint density at radius 2 is 1.86 bits per heavy atom. The van der Waals surface area contributed by atoms with Crippen molar-refractivity contribution >= 4 is 40.0 Å². The zero-order chi connectivity index (χ0) is 30.4. The Morgan fingerprint density at radius 1 is 1.09 bits per heavy atom. The molecule has 1 unspecified atom stereocenters. The highest BCUT2D eigenvalue weighted by molar-refractivity contribution is 7.07. The van der Waals surface area contributed by atoms with E-state index in [2.05, 4.69) is 23.3 Å². The maximum atomic E-state index is 14.4. The summed E-state index contributed by atoms with van der Waals surface area (Å²) in [7, 11) is 0. The highest BCUT2D eigenvalue weighted by atomic mass is 32.1. The number of rotatable bonds is 7. The predicted molar refractivity (Wildman–Crippen MR) is 170 cm³/mol. The molecular formula is C35H29N3O5S. The van der Waals surface area contributed by atoms with Gasteiger partial charge in [-0.05, 0) is 43.7 Å². The zero-order valence-electron chi connectivity index (χ0n) is 24.3. The van der Waals surface area contributed by atoms with Gasteiger partial charge < -0.3 is 18.8 Å². The average molecular weight is 604 g/mol. The fourth-order valence-electron chi connectivity index (χ4n) is 5.97. The molecule has 0 radical (unpaired) electrons. The molecule has 3 aromatic carbocycles. The van der Waals surface area contributed by atoms with Crippen LogP contribution in [0.3, 0.4) is 0 Å². The van der Waals surface area contributed by atoms with Gasteiger partial charge in [-0.3, -0.25) is 9.36 Å². The van der Waals surface area contributed by atoms with Crippen LogP contribution >= 0.6 is 11.3 Å². The van der Waals surface area contributed by atoms with Gasteiger partial charge in [0.25, 0.3) is 5.56 Å². The van der Waals surface area contributed by atoms with Gasteiger partial charge >= 0.3 is 5.97 Å². The number of benzene rings is 3. The number of hydrogen-bond acceptors (Lipinski definition) is 7. The molecule has 44 heavy (non-hydrogen) atoms. The van der Waals surface area contributed by atoms with Crippen molar-refractivity contribution in [2.24, 2.45) is 4.99 Å². The summed E-state index contributed by atoms with van der Waals surface area (Å²) in [5, 5.41) is 1.04. The fraction of sp³-hybridized carbons (Fsp3) is 0.171. The molecule has 2 aliphatic rings. The minimum Gasteiger partial charge on any atom is -0.463 e. The van der Waals surface area contributed by atoms with E-state index in [0.717, 1.165) is 27.7 Å². The molecule has 2 aliphatic heterocycles. The van der Waals surface area contributed by atoms with E-state index < -0.39 is 12.0 Å². The number of allylic oxidation sites excluding steroid dienone is 1. The first-order chi connectivity index (χ1) is 21.5. The first-order valence-corrected chi connectivity index (χ1v) is 15.2. The largest absolute Gasteiger partial charge is 0.463 e. The van der Waals surface area contributed by atoms with Crippen LogP contribution in [-0.4, -0.2) is 28.5 Å². The van der Waals surface area contributed by atoms with Crippen molar-refractivity contribution in [2.45, 2.75) is 26.4 Å². The topological polar surface area (TPSA) is 84.0 Å². The quantitative estimate of drug-likeness (QED) is 0.191. The lowest BCUT2D eigenvalue weighted by Gasteiger charge is -2.26. The average Bonchev–Trinajstić information content (AvgIpc) is 3.72. The van der Waals surface area contributed by atoms with E-state index in [4.69, 9.17) is 19.2 Å². The second kappa shape index (κ2) is 11.2. The van der Waals surface area contributed by atoms with Crippen LogP contribution in [0.15, 0.2) is 101 Å². The van der Waals surface area contributed by atoms with Crippen LogP contribution in [0, 0.1) is 6.92 Å². The lowest BCUT2D eigenvalue weighted by atomic mass is 9.93. The first kappa shape index (κ1) is 27.7. The van der Waals surface area contributed by atoms with Gasteiger partial charge in [0.2, 0.25) is 6.79 Å². The van der Waals surface area contributed by atoms with E-state index in [-0.39, 0.29) is 24.5 Å². The maximum Gasteiger partial charge on any atom is 0.338 e. The number of thiazole rings is 1. The predicted octanol–water partition coefficient (Wildman–Crippen LogP) is 5.11. The summed E-state index contributed by atoms with van der Waals surface area (Å²) >= 11 is 1.30. The maximum absolute atomic E-state index is 14.4. The monoisotopic (exact) mass is 603 g/mol. The molecule has 2 aromatic heterocycles. The summed E-state index contributed by atoms with van der Waals surface area (Å²) in [4.78, 5) is 33.6. The first-order valence-electron chi connectivity index (χ1n) is 14.4. The molecular weight excluding hydrogens is 574 g/mol. The van der Waals surface area contributed by atoms with Crippen LogP contribution in [0.2, 0.25) is 0 Å². The van der Waals surface area contributed by atoms with E-state index >= 15 is 0 Å².